The summed E-state index contributed by atoms with van der Waals surface area (Å²) in [5, 5.41) is 15.7. The van der Waals surface area contributed by atoms with E-state index in [1.54, 1.807) is 29.2 Å². The maximum Gasteiger partial charge on any atom is 0.317 e. The molecule has 0 radical (unpaired) electrons. The second-order valence-corrected chi connectivity index (χ2v) is 8.11. The lowest BCUT2D eigenvalue weighted by Gasteiger charge is -2.36. The number of piperazine rings is 1. The number of aromatic hydroxyl groups is 1. The molecule has 170 valence electrons. The summed E-state index contributed by atoms with van der Waals surface area (Å²) in [5.74, 6) is 0.0673. The largest absolute Gasteiger partial charge is 0.508 e. The van der Waals surface area contributed by atoms with E-state index in [1.165, 1.54) is 0 Å². The minimum Gasteiger partial charge on any atom is -0.508 e. The molecule has 0 spiro atoms. The molecule has 3 amide bonds. The van der Waals surface area contributed by atoms with E-state index < -0.39 is 0 Å². The average Bonchev–Trinajstić information content (AvgIpc) is 2.85. The van der Waals surface area contributed by atoms with Gasteiger partial charge < -0.3 is 25.5 Å². The van der Waals surface area contributed by atoms with Gasteiger partial charge in [-0.05, 0) is 48.9 Å². The summed E-state index contributed by atoms with van der Waals surface area (Å²) in [7, 11) is 0. The third-order valence-corrected chi connectivity index (χ3v) is 5.78. The van der Waals surface area contributed by atoms with Crippen molar-refractivity contribution in [1.29, 1.82) is 0 Å². The molecule has 7 heteroatoms. The first-order chi connectivity index (χ1) is 16.0. The standard InChI is InChI=1S/C26H28N4O3/c1-19(21-9-5-10-22(17-21)28-25(32)20-7-3-2-4-8-20)27-26(33)30-15-13-29(14-16-30)23-11-6-12-24(31)18-23/h2-12,17-19,31H,13-16H2,1H3,(H,27,33)(H,28,32). The summed E-state index contributed by atoms with van der Waals surface area (Å²) >= 11 is 0. The van der Waals surface area contributed by atoms with Crippen molar-refractivity contribution in [2.45, 2.75) is 13.0 Å². The zero-order valence-electron chi connectivity index (χ0n) is 18.6. The first kappa shape index (κ1) is 22.2. The molecule has 0 saturated carbocycles. The van der Waals surface area contributed by atoms with E-state index in [0.29, 0.717) is 37.4 Å². The number of anilines is 2. The average molecular weight is 445 g/mol. The van der Waals surface area contributed by atoms with Gasteiger partial charge in [0, 0.05) is 49.2 Å². The number of carbonyl (C=O) groups is 2. The van der Waals surface area contributed by atoms with Gasteiger partial charge in [-0.25, -0.2) is 4.79 Å². The van der Waals surface area contributed by atoms with E-state index in [2.05, 4.69) is 15.5 Å². The molecular formula is C26H28N4O3. The molecule has 33 heavy (non-hydrogen) atoms. The van der Waals surface area contributed by atoms with Crippen LogP contribution in [0.1, 0.15) is 28.9 Å². The lowest BCUT2D eigenvalue weighted by Crippen LogP contribution is -2.52. The fourth-order valence-corrected chi connectivity index (χ4v) is 3.90. The minimum atomic E-state index is -0.213. The van der Waals surface area contributed by atoms with Crippen LogP contribution in [0.15, 0.2) is 78.9 Å². The van der Waals surface area contributed by atoms with Crippen LogP contribution in [0.4, 0.5) is 16.2 Å². The number of amides is 3. The van der Waals surface area contributed by atoms with Crippen molar-refractivity contribution < 1.29 is 14.7 Å². The van der Waals surface area contributed by atoms with Crippen LogP contribution in [-0.4, -0.2) is 48.1 Å². The topological polar surface area (TPSA) is 84.9 Å². The number of benzene rings is 3. The minimum absolute atomic E-state index is 0.114. The summed E-state index contributed by atoms with van der Waals surface area (Å²) in [6.45, 7) is 4.53. The van der Waals surface area contributed by atoms with Crippen molar-refractivity contribution >= 4 is 23.3 Å². The van der Waals surface area contributed by atoms with Gasteiger partial charge in [-0.2, -0.15) is 0 Å². The van der Waals surface area contributed by atoms with Gasteiger partial charge in [0.2, 0.25) is 0 Å². The second-order valence-electron chi connectivity index (χ2n) is 8.11. The molecule has 1 saturated heterocycles. The molecule has 3 aromatic carbocycles. The van der Waals surface area contributed by atoms with Gasteiger partial charge in [0.05, 0.1) is 6.04 Å². The molecule has 0 aromatic heterocycles. The van der Waals surface area contributed by atoms with Gasteiger partial charge in [0.15, 0.2) is 0 Å². The molecular weight excluding hydrogens is 416 g/mol. The van der Waals surface area contributed by atoms with Gasteiger partial charge in [-0.3, -0.25) is 4.79 Å². The third kappa shape index (κ3) is 5.63. The Bertz CT molecular complexity index is 1110. The monoisotopic (exact) mass is 444 g/mol. The Balaban J connectivity index is 1.32. The number of nitrogens with zero attached hydrogens (tertiary/aromatic N) is 2. The Labute approximate surface area is 193 Å². The Morgan fingerprint density at radius 1 is 0.879 bits per heavy atom. The van der Waals surface area contributed by atoms with E-state index in [4.69, 9.17) is 0 Å². The zero-order valence-corrected chi connectivity index (χ0v) is 18.6. The number of hydrogen-bond donors (Lipinski definition) is 3. The molecule has 1 aliphatic heterocycles. The first-order valence-electron chi connectivity index (χ1n) is 11.1. The summed E-state index contributed by atoms with van der Waals surface area (Å²) in [4.78, 5) is 29.2. The van der Waals surface area contributed by atoms with Crippen LogP contribution in [-0.2, 0) is 0 Å². The van der Waals surface area contributed by atoms with E-state index in [9.17, 15) is 14.7 Å². The SMILES string of the molecule is CC(NC(=O)N1CCN(c2cccc(O)c2)CC1)c1cccc(NC(=O)c2ccccc2)c1. The molecule has 0 aliphatic carbocycles. The van der Waals surface area contributed by atoms with Crippen LogP contribution < -0.4 is 15.5 Å². The van der Waals surface area contributed by atoms with Crippen LogP contribution in [0, 0.1) is 0 Å². The Morgan fingerprint density at radius 3 is 2.33 bits per heavy atom. The fourth-order valence-electron chi connectivity index (χ4n) is 3.90. The zero-order chi connectivity index (χ0) is 23.2. The first-order valence-corrected chi connectivity index (χ1v) is 11.1. The molecule has 1 atom stereocenters. The van der Waals surface area contributed by atoms with Crippen molar-refractivity contribution in [2.75, 3.05) is 36.4 Å². The molecule has 3 N–H and O–H groups in total. The predicted molar refractivity (Wildman–Crippen MR) is 130 cm³/mol. The highest BCUT2D eigenvalue weighted by molar-refractivity contribution is 6.04. The smallest absolute Gasteiger partial charge is 0.317 e. The van der Waals surface area contributed by atoms with Crippen molar-refractivity contribution in [3.8, 4) is 5.75 Å². The van der Waals surface area contributed by atoms with Gasteiger partial charge >= 0.3 is 6.03 Å². The van der Waals surface area contributed by atoms with Crippen molar-refractivity contribution in [3.05, 3.63) is 90.0 Å². The van der Waals surface area contributed by atoms with Crippen molar-refractivity contribution in [3.63, 3.8) is 0 Å². The predicted octanol–water partition coefficient (Wildman–Crippen LogP) is 4.24. The normalized spacial score (nSPS) is 14.5. The van der Waals surface area contributed by atoms with Crippen LogP contribution >= 0.6 is 0 Å². The van der Waals surface area contributed by atoms with E-state index in [-0.39, 0.29) is 23.7 Å². The summed E-state index contributed by atoms with van der Waals surface area (Å²) in [6, 6.07) is 23.4. The maximum absolute atomic E-state index is 12.8. The Morgan fingerprint density at radius 2 is 1.61 bits per heavy atom. The summed E-state index contributed by atoms with van der Waals surface area (Å²) in [6.07, 6.45) is 0. The number of rotatable bonds is 5. The van der Waals surface area contributed by atoms with E-state index in [1.807, 2.05) is 61.5 Å². The van der Waals surface area contributed by atoms with Gasteiger partial charge in [-0.1, -0.05) is 36.4 Å². The number of nitrogens with one attached hydrogen (secondary N) is 2. The number of hydrogen-bond acceptors (Lipinski definition) is 4. The van der Waals surface area contributed by atoms with Crippen molar-refractivity contribution in [1.82, 2.24) is 10.2 Å². The summed E-state index contributed by atoms with van der Waals surface area (Å²) < 4.78 is 0. The molecule has 1 unspecified atom stereocenters. The highest BCUT2D eigenvalue weighted by atomic mass is 16.3. The van der Waals surface area contributed by atoms with Crippen LogP contribution in [0.3, 0.4) is 0 Å². The van der Waals surface area contributed by atoms with Crippen LogP contribution in [0.2, 0.25) is 0 Å². The Hall–Kier alpha value is -4.00. The lowest BCUT2D eigenvalue weighted by molar-refractivity contribution is 0.102. The van der Waals surface area contributed by atoms with E-state index >= 15 is 0 Å². The van der Waals surface area contributed by atoms with Crippen molar-refractivity contribution in [2.24, 2.45) is 0 Å². The molecule has 1 fully saturated rings. The van der Waals surface area contributed by atoms with Gasteiger partial charge in [-0.15, -0.1) is 0 Å². The number of carbonyl (C=O) groups excluding carboxylic acids is 2. The van der Waals surface area contributed by atoms with Crippen LogP contribution in [0.5, 0.6) is 5.75 Å². The number of phenols is 1. The molecule has 0 bridgehead atoms. The Kier molecular flexibility index (Phi) is 6.78. The number of urea groups is 1. The molecule has 3 aromatic rings. The van der Waals surface area contributed by atoms with Gasteiger partial charge in [0.25, 0.3) is 5.91 Å². The fraction of sp³-hybridized carbons (Fsp3) is 0.231. The highest BCUT2D eigenvalue weighted by Gasteiger charge is 2.23. The molecule has 1 aliphatic rings. The third-order valence-electron chi connectivity index (χ3n) is 5.78. The number of phenolic OH excluding ortho intramolecular Hbond substituents is 1. The quantitative estimate of drug-likeness (QED) is 0.550. The maximum atomic E-state index is 12.8. The van der Waals surface area contributed by atoms with E-state index in [0.717, 1.165) is 11.3 Å². The highest BCUT2D eigenvalue weighted by Crippen LogP contribution is 2.22. The van der Waals surface area contributed by atoms with Gasteiger partial charge in [0.1, 0.15) is 5.75 Å². The summed E-state index contributed by atoms with van der Waals surface area (Å²) in [5.41, 5.74) is 3.14. The lowest BCUT2D eigenvalue weighted by atomic mass is 10.1. The molecule has 1 heterocycles. The molecule has 4 rings (SSSR count). The molecule has 7 nitrogen and oxygen atoms in total. The second kappa shape index (κ2) is 10.1. The van der Waals surface area contributed by atoms with Crippen LogP contribution in [0.25, 0.3) is 0 Å².